The van der Waals surface area contributed by atoms with Crippen LogP contribution in [0, 0.1) is 0 Å². The molecule has 0 aliphatic carbocycles. The van der Waals surface area contributed by atoms with Gasteiger partial charge in [-0.1, -0.05) is 0 Å². The Morgan fingerprint density at radius 1 is 1.17 bits per heavy atom. The van der Waals surface area contributed by atoms with Crippen molar-refractivity contribution >= 4 is 130 Å². The predicted molar refractivity (Wildman–Crippen MR) is 49.9 cm³/mol. The SMILES string of the molecule is O.O=C(O)OS(=O)(=O)O.[CaH2].[CaH2].[CaH2]. The quantitative estimate of drug-likeness (QED) is 0.372. The van der Waals surface area contributed by atoms with Gasteiger partial charge in [-0.05, 0) is 0 Å². The second kappa shape index (κ2) is 13.9. The van der Waals surface area contributed by atoms with E-state index in [-0.39, 0.29) is 119 Å². The molecule has 0 aliphatic rings. The Morgan fingerprint density at radius 2 is 1.42 bits per heavy atom. The van der Waals surface area contributed by atoms with Crippen molar-refractivity contribution in [3.63, 3.8) is 0 Å². The Bertz CT molecular complexity index is 185. The van der Waals surface area contributed by atoms with Crippen LogP contribution in [0.3, 0.4) is 0 Å². The maximum atomic E-state index is 9.39. The first-order chi connectivity index (χ1) is 3.42. The minimum absolute atomic E-state index is 0. The summed E-state index contributed by atoms with van der Waals surface area (Å²) in [5, 5.41) is 7.49. The molecule has 0 radical (unpaired) electrons. The van der Waals surface area contributed by atoms with Crippen LogP contribution in [0.4, 0.5) is 4.79 Å². The van der Waals surface area contributed by atoms with Crippen molar-refractivity contribution in [2.24, 2.45) is 0 Å². The summed E-state index contributed by atoms with van der Waals surface area (Å²) in [5.41, 5.74) is 0. The zero-order valence-corrected chi connectivity index (χ0v) is 4.75. The van der Waals surface area contributed by atoms with E-state index in [4.69, 9.17) is 9.66 Å². The second-order valence-electron chi connectivity index (χ2n) is 0.777. The molecule has 0 saturated carbocycles. The average molecular weight is 286 g/mol. The van der Waals surface area contributed by atoms with Gasteiger partial charge in [0.2, 0.25) is 0 Å². The monoisotopic (exact) mass is 286 g/mol. The number of carboxylic acid groups (broad SMARTS) is 1. The summed E-state index contributed by atoms with van der Waals surface area (Å²) in [6.07, 6.45) is -2.06. The molecule has 0 saturated heterocycles. The molecule has 0 bridgehead atoms. The number of carbonyl (C=O) groups is 1. The van der Waals surface area contributed by atoms with E-state index < -0.39 is 16.6 Å². The Hall–Kier alpha value is 2.92. The molecule has 0 fully saturated rings. The van der Waals surface area contributed by atoms with Gasteiger partial charge < -0.3 is 10.6 Å². The van der Waals surface area contributed by atoms with Crippen molar-refractivity contribution in [2.45, 2.75) is 0 Å². The summed E-state index contributed by atoms with van der Waals surface area (Å²) in [7, 11) is -4.82. The third-order valence-corrected chi connectivity index (χ3v) is 0.530. The van der Waals surface area contributed by atoms with Crippen molar-refractivity contribution in [3.05, 3.63) is 0 Å². The molecule has 0 atom stereocenters. The van der Waals surface area contributed by atoms with Crippen molar-refractivity contribution in [2.75, 3.05) is 0 Å². The first-order valence-electron chi connectivity index (χ1n) is 1.31. The maximum absolute atomic E-state index is 9.39. The summed E-state index contributed by atoms with van der Waals surface area (Å²) in [6, 6.07) is 0. The summed E-state index contributed by atoms with van der Waals surface area (Å²) < 4.78 is 29.2. The van der Waals surface area contributed by atoms with Crippen LogP contribution in [-0.2, 0) is 14.6 Å². The zero-order valence-electron chi connectivity index (χ0n) is 3.94. The second-order valence-corrected chi connectivity index (χ2v) is 1.80. The Kier molecular flexibility index (Phi) is 34.1. The Labute approximate surface area is 158 Å². The molecule has 0 unspecified atom stereocenters. The third kappa shape index (κ3) is 29.3. The Morgan fingerprint density at radius 3 is 1.42 bits per heavy atom. The summed E-state index contributed by atoms with van der Waals surface area (Å²) in [4.78, 5) is 9.25. The fourth-order valence-electron chi connectivity index (χ4n) is 0.0901. The van der Waals surface area contributed by atoms with E-state index in [2.05, 4.69) is 4.18 Å². The summed E-state index contributed by atoms with van der Waals surface area (Å²) >= 11 is 0. The van der Waals surface area contributed by atoms with Crippen molar-refractivity contribution in [1.29, 1.82) is 0 Å². The molecule has 12 heavy (non-hydrogen) atoms. The molecule has 0 aromatic rings. The Balaban J connectivity index is -0.0000000408. The molecule has 0 heterocycles. The molecule has 0 rings (SSSR count). The molecule has 0 aromatic carbocycles. The predicted octanol–water partition coefficient (Wildman–Crippen LogP) is -4.09. The van der Waals surface area contributed by atoms with Crippen LogP contribution in [0.1, 0.15) is 0 Å². The minimum atomic E-state index is -4.82. The summed E-state index contributed by atoms with van der Waals surface area (Å²) in [5.74, 6) is 0. The topological polar surface area (TPSA) is 132 Å². The van der Waals surface area contributed by atoms with Crippen LogP contribution in [0.15, 0.2) is 0 Å². The molecule has 11 heteroatoms. The van der Waals surface area contributed by atoms with Gasteiger partial charge >= 0.3 is 130 Å². The van der Waals surface area contributed by atoms with E-state index in [9.17, 15) is 13.2 Å². The number of hydrogen-bond donors (Lipinski definition) is 2. The van der Waals surface area contributed by atoms with Gasteiger partial charge in [-0.25, -0.2) is 4.79 Å². The van der Waals surface area contributed by atoms with Gasteiger partial charge in [0.15, 0.2) is 0 Å². The molecule has 0 aliphatic heterocycles. The standard InChI is InChI=1S/CH2O6S.3Ca.H2O.6H/c2-1(3)7-8(4,5)6;;;;;;;;;;/h(H,2,3)(H,4,5,6);;;;1H2;;;;;;. The van der Waals surface area contributed by atoms with E-state index in [1.807, 2.05) is 0 Å². The molecule has 0 spiro atoms. The fraction of sp³-hybridized carbons (Fsp3) is 0. The average Bonchev–Trinajstić information content (AvgIpc) is 1.21. The number of rotatable bonds is 1. The van der Waals surface area contributed by atoms with Gasteiger partial charge in [-0.2, -0.15) is 8.42 Å². The van der Waals surface area contributed by atoms with E-state index in [0.29, 0.717) is 0 Å². The van der Waals surface area contributed by atoms with E-state index in [1.54, 1.807) is 0 Å². The first-order valence-corrected chi connectivity index (χ1v) is 2.68. The summed E-state index contributed by atoms with van der Waals surface area (Å²) in [6.45, 7) is 0. The van der Waals surface area contributed by atoms with Crippen LogP contribution in [0.2, 0.25) is 0 Å². The van der Waals surface area contributed by atoms with Crippen LogP contribution in [0.25, 0.3) is 0 Å². The van der Waals surface area contributed by atoms with Gasteiger partial charge in [-0.15, -0.1) is 0 Å². The van der Waals surface area contributed by atoms with Crippen LogP contribution >= 0.6 is 0 Å². The van der Waals surface area contributed by atoms with Crippen molar-refractivity contribution < 1.29 is 32.5 Å². The molecular weight excluding hydrogens is 276 g/mol. The van der Waals surface area contributed by atoms with E-state index >= 15 is 0 Å². The third-order valence-electron chi connectivity index (χ3n) is 0.177. The zero-order chi connectivity index (χ0) is 6.78. The molecule has 0 amide bonds. The van der Waals surface area contributed by atoms with Gasteiger partial charge in [0, 0.05) is 0 Å². The normalized spacial score (nSPS) is 7.08. The van der Waals surface area contributed by atoms with Gasteiger partial charge in [0.1, 0.15) is 0 Å². The van der Waals surface area contributed by atoms with E-state index in [0.717, 1.165) is 0 Å². The number of hydrogen-bond acceptors (Lipinski definition) is 4. The first kappa shape index (κ1) is 29.4. The van der Waals surface area contributed by atoms with E-state index in [1.165, 1.54) is 0 Å². The van der Waals surface area contributed by atoms with Crippen LogP contribution < -0.4 is 0 Å². The molecule has 0 aromatic heterocycles. The molecule has 68 valence electrons. The molecular formula is CH10Ca3O7S. The fourth-order valence-corrected chi connectivity index (χ4v) is 0.270. The van der Waals surface area contributed by atoms with Gasteiger partial charge in [0.05, 0.1) is 0 Å². The van der Waals surface area contributed by atoms with Gasteiger partial charge in [0.25, 0.3) is 0 Å². The van der Waals surface area contributed by atoms with Crippen LogP contribution in [0.5, 0.6) is 0 Å². The molecule has 7 nitrogen and oxygen atoms in total. The van der Waals surface area contributed by atoms with Crippen LogP contribution in [-0.4, -0.2) is 143 Å². The van der Waals surface area contributed by atoms with Crippen molar-refractivity contribution in [3.8, 4) is 0 Å². The van der Waals surface area contributed by atoms with Crippen molar-refractivity contribution in [1.82, 2.24) is 0 Å². The van der Waals surface area contributed by atoms with Gasteiger partial charge in [-0.3, -0.25) is 8.74 Å². The molecule has 4 N–H and O–H groups in total.